The van der Waals surface area contributed by atoms with E-state index in [0.717, 1.165) is 23.4 Å². The second-order valence-corrected chi connectivity index (χ2v) is 4.91. The lowest BCUT2D eigenvalue weighted by molar-refractivity contribution is -0.130. The number of fused-ring (bicyclic) bond motifs is 1. The zero-order chi connectivity index (χ0) is 14.2. The van der Waals surface area contributed by atoms with Crippen molar-refractivity contribution in [3.8, 4) is 0 Å². The Morgan fingerprint density at radius 3 is 2.74 bits per heavy atom. The first-order chi connectivity index (χ1) is 8.99. The van der Waals surface area contributed by atoms with Crippen molar-refractivity contribution in [1.82, 2.24) is 24.2 Å². The number of nitrogens with zero attached hydrogens (tertiary/aromatic N) is 4. The van der Waals surface area contributed by atoms with E-state index in [1.807, 2.05) is 30.0 Å². The molecule has 0 fully saturated rings. The highest BCUT2D eigenvalue weighted by molar-refractivity contribution is 7.71. The minimum absolute atomic E-state index is 0.0426. The largest absolute Gasteiger partial charge is 0.344 e. The highest BCUT2D eigenvalue weighted by atomic mass is 32.1. The molecular weight excluding hydrogens is 262 g/mol. The first-order valence-electron chi connectivity index (χ1n) is 6.39. The van der Waals surface area contributed by atoms with Gasteiger partial charge in [0.1, 0.15) is 12.1 Å². The molecule has 0 saturated heterocycles. The van der Waals surface area contributed by atoms with Gasteiger partial charge in [0, 0.05) is 20.1 Å². The second-order valence-electron chi connectivity index (χ2n) is 4.52. The van der Waals surface area contributed by atoms with Crippen molar-refractivity contribution in [2.24, 2.45) is 0 Å². The van der Waals surface area contributed by atoms with Crippen LogP contribution in [-0.2, 0) is 17.9 Å². The smallest absolute Gasteiger partial charge is 0.242 e. The van der Waals surface area contributed by atoms with Crippen LogP contribution >= 0.6 is 12.2 Å². The average molecular weight is 281 g/mol. The Morgan fingerprint density at radius 2 is 2.16 bits per heavy atom. The van der Waals surface area contributed by atoms with E-state index in [1.165, 1.54) is 0 Å². The summed E-state index contributed by atoms with van der Waals surface area (Å²) in [6.45, 7) is 7.58. The maximum absolute atomic E-state index is 12.1. The fourth-order valence-corrected chi connectivity index (χ4v) is 2.31. The summed E-state index contributed by atoms with van der Waals surface area (Å²) in [5.74, 6) is 0.0426. The van der Waals surface area contributed by atoms with E-state index in [9.17, 15) is 4.79 Å². The number of aryl methyl sites for hydroxylation is 2. The Labute approximate surface area is 117 Å². The molecular formula is C12H19N5OS. The van der Waals surface area contributed by atoms with E-state index in [2.05, 4.69) is 10.1 Å². The Hall–Kier alpha value is -1.63. The molecule has 0 aliphatic carbocycles. The van der Waals surface area contributed by atoms with Crippen molar-refractivity contribution >= 4 is 29.3 Å². The predicted molar refractivity (Wildman–Crippen MR) is 76.6 cm³/mol. The van der Waals surface area contributed by atoms with Crippen LogP contribution in [0.3, 0.4) is 0 Å². The number of amides is 1. The molecule has 0 atom stereocenters. The van der Waals surface area contributed by atoms with Gasteiger partial charge in [0.25, 0.3) is 0 Å². The van der Waals surface area contributed by atoms with E-state index in [1.54, 1.807) is 11.9 Å². The van der Waals surface area contributed by atoms with Crippen molar-refractivity contribution in [3.63, 3.8) is 0 Å². The predicted octanol–water partition coefficient (Wildman–Crippen LogP) is 1.70. The molecule has 0 unspecified atom stereocenters. The van der Waals surface area contributed by atoms with E-state index in [0.29, 0.717) is 11.3 Å². The van der Waals surface area contributed by atoms with E-state index < -0.39 is 0 Å². The van der Waals surface area contributed by atoms with E-state index in [-0.39, 0.29) is 12.5 Å². The number of likely N-dealkylation sites (N-methyl/N-ethyl adjacent to an activating group) is 1. The topological polar surface area (TPSA) is 58.9 Å². The molecule has 104 valence electrons. The Kier molecular flexibility index (Phi) is 3.75. The Morgan fingerprint density at radius 1 is 1.47 bits per heavy atom. The fraction of sp³-hybridized carbons (Fsp3) is 0.583. The number of aromatic amines is 1. The summed E-state index contributed by atoms with van der Waals surface area (Å²) in [5, 5.41) is 4.44. The van der Waals surface area contributed by atoms with Crippen LogP contribution in [0.2, 0.25) is 0 Å². The monoisotopic (exact) mass is 281 g/mol. The molecule has 1 N–H and O–H groups in total. The number of H-pyrrole nitrogens is 1. The molecule has 0 spiro atoms. The molecule has 1 amide bonds. The van der Waals surface area contributed by atoms with Crippen molar-refractivity contribution in [2.75, 3.05) is 13.6 Å². The summed E-state index contributed by atoms with van der Waals surface area (Å²) >= 11 is 5.31. The third-order valence-electron chi connectivity index (χ3n) is 3.33. The van der Waals surface area contributed by atoms with Gasteiger partial charge in [-0.25, -0.2) is 4.68 Å². The highest BCUT2D eigenvalue weighted by Gasteiger charge is 2.17. The number of carbonyl (C=O) groups is 1. The minimum atomic E-state index is 0.0426. The van der Waals surface area contributed by atoms with Crippen LogP contribution in [0, 0.1) is 11.7 Å². The van der Waals surface area contributed by atoms with Crippen molar-refractivity contribution in [2.45, 2.75) is 33.9 Å². The summed E-state index contributed by atoms with van der Waals surface area (Å²) in [4.78, 5) is 16.9. The quantitative estimate of drug-likeness (QED) is 0.868. The number of aromatic nitrogens is 4. The van der Waals surface area contributed by atoms with E-state index >= 15 is 0 Å². The number of rotatable bonds is 4. The molecule has 2 aromatic heterocycles. The van der Waals surface area contributed by atoms with Crippen LogP contribution in [0.4, 0.5) is 0 Å². The van der Waals surface area contributed by atoms with Gasteiger partial charge in [-0.05, 0) is 33.0 Å². The molecule has 0 aliphatic heterocycles. The SMILES string of the molecule is CCN(C)C(=O)Cn1c(=S)[nH]c2c(C)nn(CC)c21. The van der Waals surface area contributed by atoms with Crippen LogP contribution in [0.25, 0.3) is 11.2 Å². The summed E-state index contributed by atoms with van der Waals surface area (Å²) in [5.41, 5.74) is 2.71. The molecule has 2 heterocycles. The number of nitrogens with one attached hydrogen (secondary N) is 1. The summed E-state index contributed by atoms with van der Waals surface area (Å²) in [6.07, 6.45) is 0. The Bertz CT molecular complexity index is 665. The lowest BCUT2D eigenvalue weighted by Crippen LogP contribution is -2.30. The average Bonchev–Trinajstić information content (AvgIpc) is 2.87. The molecule has 19 heavy (non-hydrogen) atoms. The minimum Gasteiger partial charge on any atom is -0.344 e. The van der Waals surface area contributed by atoms with Gasteiger partial charge in [0.15, 0.2) is 10.4 Å². The van der Waals surface area contributed by atoms with Gasteiger partial charge in [-0.2, -0.15) is 5.10 Å². The third-order valence-corrected chi connectivity index (χ3v) is 3.65. The first-order valence-corrected chi connectivity index (χ1v) is 6.80. The molecule has 0 saturated carbocycles. The summed E-state index contributed by atoms with van der Waals surface area (Å²) in [6, 6.07) is 0. The Balaban J connectivity index is 2.51. The molecule has 2 aromatic rings. The number of carbonyl (C=O) groups excluding carboxylic acids is 1. The maximum atomic E-state index is 12.1. The fourth-order valence-electron chi connectivity index (χ4n) is 2.06. The van der Waals surface area contributed by atoms with Gasteiger partial charge >= 0.3 is 0 Å². The molecule has 0 bridgehead atoms. The molecule has 0 radical (unpaired) electrons. The van der Waals surface area contributed by atoms with Crippen molar-refractivity contribution in [3.05, 3.63) is 10.5 Å². The lowest BCUT2D eigenvalue weighted by Gasteiger charge is -2.15. The first kappa shape index (κ1) is 13.8. The molecule has 0 aliphatic rings. The van der Waals surface area contributed by atoms with Crippen molar-refractivity contribution in [1.29, 1.82) is 0 Å². The van der Waals surface area contributed by atoms with Crippen LogP contribution in [0.5, 0.6) is 0 Å². The standard InChI is InChI=1S/C12H19N5OS/c1-5-15(4)9(18)7-16-11-10(13-12(16)19)8(3)14-17(11)6-2/h5-7H2,1-4H3,(H,13,19). The number of imidazole rings is 1. The molecule has 0 aromatic carbocycles. The normalized spacial score (nSPS) is 11.2. The highest BCUT2D eigenvalue weighted by Crippen LogP contribution is 2.18. The van der Waals surface area contributed by atoms with Gasteiger partial charge in [-0.3, -0.25) is 9.36 Å². The van der Waals surface area contributed by atoms with Gasteiger partial charge in [-0.1, -0.05) is 0 Å². The van der Waals surface area contributed by atoms with Crippen LogP contribution < -0.4 is 0 Å². The number of hydrogen-bond acceptors (Lipinski definition) is 3. The van der Waals surface area contributed by atoms with Gasteiger partial charge in [-0.15, -0.1) is 0 Å². The molecule has 6 nitrogen and oxygen atoms in total. The zero-order valence-corrected chi connectivity index (χ0v) is 12.5. The lowest BCUT2D eigenvalue weighted by atomic mass is 10.4. The second kappa shape index (κ2) is 5.16. The van der Waals surface area contributed by atoms with Gasteiger partial charge in [0.2, 0.25) is 5.91 Å². The third kappa shape index (κ3) is 2.30. The molecule has 2 rings (SSSR count). The van der Waals surface area contributed by atoms with E-state index in [4.69, 9.17) is 12.2 Å². The van der Waals surface area contributed by atoms with Gasteiger partial charge < -0.3 is 9.88 Å². The number of hydrogen-bond donors (Lipinski definition) is 1. The van der Waals surface area contributed by atoms with Crippen molar-refractivity contribution < 1.29 is 4.79 Å². The summed E-state index contributed by atoms with van der Waals surface area (Å²) < 4.78 is 4.26. The van der Waals surface area contributed by atoms with Crippen LogP contribution in [0.1, 0.15) is 19.5 Å². The van der Waals surface area contributed by atoms with Gasteiger partial charge in [0.05, 0.1) is 5.69 Å². The van der Waals surface area contributed by atoms with Crippen LogP contribution in [0.15, 0.2) is 0 Å². The molecule has 7 heteroatoms. The zero-order valence-electron chi connectivity index (χ0n) is 11.7. The summed E-state index contributed by atoms with van der Waals surface area (Å²) in [7, 11) is 1.79. The van der Waals surface area contributed by atoms with Crippen LogP contribution in [-0.4, -0.2) is 43.7 Å². The maximum Gasteiger partial charge on any atom is 0.242 e.